The molecule has 1 aliphatic heterocycles. The number of carbonyl (C=O) groups is 2. The summed E-state index contributed by atoms with van der Waals surface area (Å²) in [5.41, 5.74) is 0.870. The number of hydrogen-bond acceptors (Lipinski definition) is 6. The van der Waals surface area contributed by atoms with E-state index in [1.54, 1.807) is 16.2 Å². The average Bonchev–Trinajstić information content (AvgIpc) is 3.27. The van der Waals surface area contributed by atoms with E-state index in [9.17, 15) is 9.59 Å². The van der Waals surface area contributed by atoms with E-state index in [4.69, 9.17) is 4.52 Å². The number of nitrogens with one attached hydrogen (secondary N) is 1. The quantitative estimate of drug-likeness (QED) is 0.870. The van der Waals surface area contributed by atoms with E-state index in [1.807, 2.05) is 23.8 Å². The van der Waals surface area contributed by atoms with Crippen LogP contribution in [0.2, 0.25) is 0 Å². The van der Waals surface area contributed by atoms with Gasteiger partial charge in [-0.25, -0.2) is 0 Å². The number of amides is 2. The molecule has 1 fully saturated rings. The number of nitrogens with zero attached hydrogens (tertiary/aromatic N) is 3. The lowest BCUT2D eigenvalue weighted by Crippen LogP contribution is -2.47. The van der Waals surface area contributed by atoms with Crippen molar-refractivity contribution in [1.82, 2.24) is 20.4 Å². The van der Waals surface area contributed by atoms with Gasteiger partial charge in [0.05, 0.1) is 12.1 Å². The predicted octanol–water partition coefficient (Wildman–Crippen LogP) is 1.82. The van der Waals surface area contributed by atoms with Crippen LogP contribution in [0.4, 0.5) is 0 Å². The highest BCUT2D eigenvalue weighted by atomic mass is 32.1. The summed E-state index contributed by atoms with van der Waals surface area (Å²) in [4.78, 5) is 30.0. The highest BCUT2D eigenvalue weighted by Gasteiger charge is 2.31. The Labute approximate surface area is 137 Å². The Bertz CT molecular complexity index is 683. The van der Waals surface area contributed by atoms with E-state index in [0.717, 1.165) is 12.0 Å². The molecule has 1 aliphatic rings. The van der Waals surface area contributed by atoms with Crippen molar-refractivity contribution in [2.75, 3.05) is 6.54 Å². The molecular weight excluding hydrogens is 316 g/mol. The zero-order valence-corrected chi connectivity index (χ0v) is 13.6. The van der Waals surface area contributed by atoms with Gasteiger partial charge in [0.1, 0.15) is 6.04 Å². The molecule has 7 nitrogen and oxygen atoms in total. The van der Waals surface area contributed by atoms with Gasteiger partial charge in [0, 0.05) is 18.3 Å². The summed E-state index contributed by atoms with van der Waals surface area (Å²) < 4.78 is 5.17. The van der Waals surface area contributed by atoms with Gasteiger partial charge >= 0.3 is 0 Å². The average molecular weight is 334 g/mol. The monoisotopic (exact) mass is 334 g/mol. The molecule has 0 unspecified atom stereocenters. The minimum atomic E-state index is -0.423. The normalized spacial score (nSPS) is 15.9. The molecule has 8 heteroatoms. The van der Waals surface area contributed by atoms with Crippen LogP contribution in [-0.2, 0) is 16.1 Å². The smallest absolute Gasteiger partial charge is 0.258 e. The third kappa shape index (κ3) is 3.42. The van der Waals surface area contributed by atoms with E-state index < -0.39 is 6.04 Å². The van der Waals surface area contributed by atoms with E-state index in [1.165, 1.54) is 0 Å². The summed E-state index contributed by atoms with van der Waals surface area (Å²) in [6.07, 6.45) is 1.93. The van der Waals surface area contributed by atoms with E-state index in [-0.39, 0.29) is 18.4 Å². The van der Waals surface area contributed by atoms with Gasteiger partial charge in [0.15, 0.2) is 5.82 Å². The van der Waals surface area contributed by atoms with Crippen molar-refractivity contribution < 1.29 is 14.1 Å². The zero-order valence-electron chi connectivity index (χ0n) is 12.8. The largest absolute Gasteiger partial charge is 0.347 e. The molecule has 2 aromatic rings. The second kappa shape index (κ2) is 6.91. The van der Waals surface area contributed by atoms with E-state index in [0.29, 0.717) is 31.1 Å². The molecule has 1 saturated heterocycles. The number of hydrogen-bond donors (Lipinski definition) is 1. The first-order valence-corrected chi connectivity index (χ1v) is 8.55. The van der Waals surface area contributed by atoms with Crippen molar-refractivity contribution in [2.24, 2.45) is 0 Å². The number of carbonyl (C=O) groups excluding carboxylic acids is 2. The lowest BCUT2D eigenvalue weighted by Gasteiger charge is -2.25. The van der Waals surface area contributed by atoms with Crippen LogP contribution in [0.1, 0.15) is 32.0 Å². The van der Waals surface area contributed by atoms with Crippen LogP contribution >= 0.6 is 11.3 Å². The molecular formula is C15H18N4O3S. The second-order valence-corrected chi connectivity index (χ2v) is 6.14. The van der Waals surface area contributed by atoms with Crippen molar-refractivity contribution in [3.8, 4) is 11.5 Å². The predicted molar refractivity (Wildman–Crippen MR) is 84.5 cm³/mol. The second-order valence-electron chi connectivity index (χ2n) is 5.36. The van der Waals surface area contributed by atoms with E-state index >= 15 is 0 Å². The summed E-state index contributed by atoms with van der Waals surface area (Å²) in [7, 11) is 0. The molecule has 2 aromatic heterocycles. The van der Waals surface area contributed by atoms with Crippen LogP contribution in [0.15, 0.2) is 21.3 Å². The minimum Gasteiger partial charge on any atom is -0.347 e. The van der Waals surface area contributed by atoms with E-state index in [2.05, 4.69) is 15.5 Å². The van der Waals surface area contributed by atoms with Crippen molar-refractivity contribution >= 4 is 23.2 Å². The standard InChI is InChI=1S/C15H18N4O3S/c1-2-11(19-6-3-4-13(19)20)14(21)16-8-12-17-15(22-18-12)10-5-7-23-9-10/h5,7,9,11H,2-4,6,8H2,1H3,(H,16,21)/t11-/m1/s1. The maximum absolute atomic E-state index is 12.3. The first kappa shape index (κ1) is 15.7. The third-order valence-corrected chi connectivity index (χ3v) is 4.52. The molecule has 122 valence electrons. The van der Waals surface area contributed by atoms with Crippen LogP contribution in [0.5, 0.6) is 0 Å². The molecule has 3 rings (SSSR count). The lowest BCUT2D eigenvalue weighted by atomic mass is 10.2. The highest BCUT2D eigenvalue weighted by molar-refractivity contribution is 7.08. The lowest BCUT2D eigenvalue weighted by molar-refractivity contribution is -0.137. The first-order chi connectivity index (χ1) is 11.2. The molecule has 3 heterocycles. The van der Waals surface area contributed by atoms with Crippen LogP contribution in [0.3, 0.4) is 0 Å². The maximum atomic E-state index is 12.3. The Kier molecular flexibility index (Phi) is 4.71. The fourth-order valence-corrected chi connectivity index (χ4v) is 3.29. The molecule has 0 aliphatic carbocycles. The molecule has 0 radical (unpaired) electrons. The van der Waals surface area contributed by atoms with Gasteiger partial charge in [-0.2, -0.15) is 16.3 Å². The molecule has 1 atom stereocenters. The van der Waals surface area contributed by atoms with Crippen molar-refractivity contribution in [3.05, 3.63) is 22.7 Å². The topological polar surface area (TPSA) is 88.3 Å². The molecule has 0 spiro atoms. The molecule has 2 amide bonds. The number of likely N-dealkylation sites (tertiary alicyclic amines) is 1. The Morgan fingerprint density at radius 1 is 1.57 bits per heavy atom. The number of aromatic nitrogens is 2. The zero-order chi connectivity index (χ0) is 16.2. The highest BCUT2D eigenvalue weighted by Crippen LogP contribution is 2.20. The van der Waals surface area contributed by atoms with Crippen molar-refractivity contribution in [3.63, 3.8) is 0 Å². The van der Waals surface area contributed by atoms with Gasteiger partial charge in [-0.3, -0.25) is 9.59 Å². The first-order valence-electron chi connectivity index (χ1n) is 7.61. The fraction of sp³-hybridized carbons (Fsp3) is 0.467. The molecule has 23 heavy (non-hydrogen) atoms. The third-order valence-electron chi connectivity index (χ3n) is 3.83. The SMILES string of the molecule is CC[C@H](C(=O)NCc1noc(-c2ccsc2)n1)N1CCCC1=O. The summed E-state index contributed by atoms with van der Waals surface area (Å²) in [5, 5.41) is 10.5. The van der Waals surface area contributed by atoms with Crippen molar-refractivity contribution in [1.29, 1.82) is 0 Å². The number of rotatable bonds is 6. The van der Waals surface area contributed by atoms with Crippen LogP contribution < -0.4 is 5.32 Å². The van der Waals surface area contributed by atoms with Crippen LogP contribution in [0, 0.1) is 0 Å². The van der Waals surface area contributed by atoms with Gasteiger partial charge in [-0.05, 0) is 24.3 Å². The van der Waals surface area contributed by atoms with Gasteiger partial charge < -0.3 is 14.7 Å². The summed E-state index contributed by atoms with van der Waals surface area (Å²) >= 11 is 1.55. The van der Waals surface area contributed by atoms with Gasteiger partial charge in [-0.15, -0.1) is 0 Å². The Balaban J connectivity index is 1.59. The van der Waals surface area contributed by atoms with Gasteiger partial charge in [-0.1, -0.05) is 12.1 Å². The molecule has 0 saturated carbocycles. The Morgan fingerprint density at radius 2 is 2.43 bits per heavy atom. The van der Waals surface area contributed by atoms with Crippen molar-refractivity contribution in [2.45, 2.75) is 38.8 Å². The minimum absolute atomic E-state index is 0.0475. The molecule has 1 N–H and O–H groups in total. The van der Waals surface area contributed by atoms with Gasteiger partial charge in [0.2, 0.25) is 11.8 Å². The number of thiophene rings is 1. The molecule has 0 bridgehead atoms. The maximum Gasteiger partial charge on any atom is 0.258 e. The van der Waals surface area contributed by atoms with Crippen LogP contribution in [0.25, 0.3) is 11.5 Å². The Hall–Kier alpha value is -2.22. The van der Waals surface area contributed by atoms with Gasteiger partial charge in [0.25, 0.3) is 5.89 Å². The summed E-state index contributed by atoms with van der Waals surface area (Å²) in [5.74, 6) is 0.732. The Morgan fingerprint density at radius 3 is 3.09 bits per heavy atom. The van der Waals surface area contributed by atoms with Crippen LogP contribution in [-0.4, -0.2) is 39.4 Å². The summed E-state index contributed by atoms with van der Waals surface area (Å²) in [6.45, 7) is 2.74. The fourth-order valence-electron chi connectivity index (χ4n) is 2.66. The molecule has 0 aromatic carbocycles. The summed E-state index contributed by atoms with van der Waals surface area (Å²) in [6, 6.07) is 1.47.